The lowest BCUT2D eigenvalue weighted by molar-refractivity contribution is -0.310. The van der Waals surface area contributed by atoms with Gasteiger partial charge < -0.3 is 55.6 Å². The van der Waals surface area contributed by atoms with E-state index in [1.54, 1.807) is 24.3 Å². The molecule has 1 aliphatic rings. The van der Waals surface area contributed by atoms with Crippen molar-refractivity contribution >= 4 is 41.3 Å². The molecule has 0 saturated carbocycles. The molecule has 47 heavy (non-hydrogen) atoms. The Hall–Kier alpha value is -3.82. The third-order valence-corrected chi connectivity index (χ3v) is 7.47. The third kappa shape index (κ3) is 12.4. The number of benzene rings is 1. The normalized spacial score (nSPS) is 21.9. The van der Waals surface area contributed by atoms with E-state index in [2.05, 4.69) is 16.6 Å². The molecule has 0 aliphatic carbocycles. The van der Waals surface area contributed by atoms with Crippen molar-refractivity contribution in [2.24, 2.45) is 0 Å². The SMILES string of the molecule is C#CCN(CC(=O)O)C(=O)CCCCCO[C@]1(C(=O)O)C[C@H](O)[C@@H](NC(=O)CO)[C@H]([C@H](O)[C@H](O)CNC(=O)Cc2ccc(Cl)cc2)O1. The highest BCUT2D eigenvalue weighted by Gasteiger charge is 2.55. The fraction of sp³-hybridized carbons (Fsp3) is 0.567. The molecule has 1 saturated heterocycles. The van der Waals surface area contributed by atoms with Gasteiger partial charge in [0.2, 0.25) is 17.7 Å². The van der Waals surface area contributed by atoms with Crippen LogP contribution in [-0.4, -0.2) is 134 Å². The lowest BCUT2D eigenvalue weighted by Gasteiger charge is -2.46. The van der Waals surface area contributed by atoms with Crippen LogP contribution in [0.2, 0.25) is 5.02 Å². The molecular weight excluding hydrogens is 646 g/mol. The first-order valence-corrected chi connectivity index (χ1v) is 15.0. The number of aliphatic hydroxyl groups excluding tert-OH is 4. The molecule has 2 rings (SSSR count). The minimum atomic E-state index is -2.54. The van der Waals surface area contributed by atoms with Crippen molar-refractivity contribution in [2.75, 3.05) is 32.8 Å². The number of terminal acetylenes is 1. The fourth-order valence-electron chi connectivity index (χ4n) is 4.81. The first-order chi connectivity index (χ1) is 22.2. The first-order valence-electron chi connectivity index (χ1n) is 14.7. The summed E-state index contributed by atoms with van der Waals surface area (Å²) in [6, 6.07) is 4.94. The van der Waals surface area contributed by atoms with Crippen LogP contribution in [0.15, 0.2) is 24.3 Å². The predicted octanol–water partition coefficient (Wildman–Crippen LogP) is -1.75. The molecular formula is C30H40ClN3O13. The highest BCUT2D eigenvalue weighted by Crippen LogP contribution is 2.34. The maximum absolute atomic E-state index is 12.4. The second kappa shape index (κ2) is 19.1. The Balaban J connectivity index is 2.05. The van der Waals surface area contributed by atoms with Crippen LogP contribution < -0.4 is 10.6 Å². The van der Waals surface area contributed by atoms with E-state index < -0.39 is 92.0 Å². The number of ether oxygens (including phenoxy) is 2. The Morgan fingerprint density at radius 2 is 1.79 bits per heavy atom. The smallest absolute Gasteiger partial charge is 0.364 e. The van der Waals surface area contributed by atoms with Gasteiger partial charge in [0.25, 0.3) is 5.79 Å². The average molecular weight is 686 g/mol. The number of halogens is 1. The van der Waals surface area contributed by atoms with E-state index in [1.165, 1.54) is 0 Å². The maximum atomic E-state index is 12.4. The lowest BCUT2D eigenvalue weighted by atomic mass is 9.88. The standard InChI is InChI=1S/C30H40ClN3O13/c1-2-11-34(16-25(41)42)24(40)6-4-3-5-12-46-30(29(44)45)14-20(36)26(33-23(39)17-35)28(47-30)27(43)21(37)15-32-22(38)13-18-7-9-19(31)10-8-18/h1,7-10,20-21,26-28,35-37,43H,3-6,11-17H2,(H,32,38)(H,33,39)(H,41,42)(H,44,45)/t20-,21+,26+,27+,28+,30+/m0/s1. The molecule has 3 amide bonds. The number of carboxylic acid groups (broad SMARTS) is 2. The van der Waals surface area contributed by atoms with E-state index in [1.807, 2.05) is 0 Å². The number of carbonyl (C=O) groups is 5. The molecule has 1 heterocycles. The summed E-state index contributed by atoms with van der Waals surface area (Å²) in [7, 11) is 0. The summed E-state index contributed by atoms with van der Waals surface area (Å²) in [5.74, 6) is -5.20. The molecule has 8 N–H and O–H groups in total. The summed E-state index contributed by atoms with van der Waals surface area (Å²) in [6.45, 7) is -2.50. The molecule has 1 aromatic carbocycles. The van der Waals surface area contributed by atoms with Gasteiger partial charge in [-0.1, -0.05) is 36.1 Å². The molecule has 1 aliphatic heterocycles. The van der Waals surface area contributed by atoms with Crippen LogP contribution in [0.25, 0.3) is 0 Å². The lowest BCUT2D eigenvalue weighted by Crippen LogP contribution is -2.68. The van der Waals surface area contributed by atoms with Crippen molar-refractivity contribution in [1.82, 2.24) is 15.5 Å². The topological polar surface area (TPSA) is 252 Å². The van der Waals surface area contributed by atoms with Gasteiger partial charge in [0.15, 0.2) is 0 Å². The molecule has 0 aromatic heterocycles. The van der Waals surface area contributed by atoms with Crippen LogP contribution in [-0.2, 0) is 39.9 Å². The molecule has 0 bridgehead atoms. The predicted molar refractivity (Wildman–Crippen MR) is 163 cm³/mol. The van der Waals surface area contributed by atoms with Crippen LogP contribution in [0.1, 0.15) is 37.7 Å². The summed E-state index contributed by atoms with van der Waals surface area (Å²) >= 11 is 5.84. The number of carbonyl (C=O) groups excluding carboxylic acids is 3. The zero-order valence-corrected chi connectivity index (χ0v) is 26.2. The van der Waals surface area contributed by atoms with E-state index in [9.17, 15) is 49.5 Å². The first kappa shape index (κ1) is 39.4. The van der Waals surface area contributed by atoms with E-state index >= 15 is 0 Å². The van der Waals surface area contributed by atoms with Gasteiger partial charge in [-0.15, -0.1) is 6.42 Å². The van der Waals surface area contributed by atoms with Crippen molar-refractivity contribution in [2.45, 2.75) is 74.8 Å². The Bertz CT molecular complexity index is 1270. The van der Waals surface area contributed by atoms with Crippen molar-refractivity contribution in [3.63, 3.8) is 0 Å². The van der Waals surface area contributed by atoms with E-state index in [4.69, 9.17) is 32.6 Å². The minimum absolute atomic E-state index is 0.0249. The van der Waals surface area contributed by atoms with Gasteiger partial charge >= 0.3 is 11.9 Å². The van der Waals surface area contributed by atoms with Gasteiger partial charge in [0, 0.05) is 24.4 Å². The number of unbranched alkanes of at least 4 members (excludes halogenated alkanes) is 2. The second-order valence-corrected chi connectivity index (χ2v) is 11.3. The molecule has 1 fully saturated rings. The molecule has 6 atom stereocenters. The summed E-state index contributed by atoms with van der Waals surface area (Å²) < 4.78 is 11.2. The molecule has 260 valence electrons. The van der Waals surface area contributed by atoms with Crippen LogP contribution in [0, 0.1) is 12.3 Å². The summed E-state index contributed by atoms with van der Waals surface area (Å²) in [5, 5.41) is 65.9. The number of hydrogen-bond donors (Lipinski definition) is 8. The van der Waals surface area contributed by atoms with Gasteiger partial charge in [-0.3, -0.25) is 19.2 Å². The van der Waals surface area contributed by atoms with Gasteiger partial charge in [-0.2, -0.15) is 0 Å². The largest absolute Gasteiger partial charge is 0.480 e. The van der Waals surface area contributed by atoms with Crippen molar-refractivity contribution < 1.29 is 64.1 Å². The second-order valence-electron chi connectivity index (χ2n) is 10.8. The number of nitrogens with zero attached hydrogens (tertiary/aromatic N) is 1. The molecule has 0 radical (unpaired) electrons. The third-order valence-electron chi connectivity index (χ3n) is 7.22. The molecule has 0 unspecified atom stereocenters. The maximum Gasteiger partial charge on any atom is 0.364 e. The van der Waals surface area contributed by atoms with E-state index in [0.717, 1.165) is 4.90 Å². The molecule has 1 aromatic rings. The molecule has 0 spiro atoms. The summed E-state index contributed by atoms with van der Waals surface area (Å²) in [4.78, 5) is 61.0. The number of rotatable bonds is 19. The number of aliphatic carboxylic acids is 2. The van der Waals surface area contributed by atoms with Crippen molar-refractivity contribution in [1.29, 1.82) is 0 Å². The number of hydrogen-bond acceptors (Lipinski definition) is 11. The Labute approximate surface area is 275 Å². The van der Waals surface area contributed by atoms with Crippen LogP contribution >= 0.6 is 11.6 Å². The Kier molecular flexibility index (Phi) is 16.0. The van der Waals surface area contributed by atoms with Crippen molar-refractivity contribution in [3.05, 3.63) is 34.9 Å². The summed E-state index contributed by atoms with van der Waals surface area (Å²) in [5.41, 5.74) is 0.617. The molecule has 17 heteroatoms. The molecule has 16 nitrogen and oxygen atoms in total. The fourth-order valence-corrected chi connectivity index (χ4v) is 4.94. The number of aliphatic hydroxyl groups is 4. The van der Waals surface area contributed by atoms with E-state index in [0.29, 0.717) is 23.4 Å². The quantitative estimate of drug-likeness (QED) is 0.0595. The Morgan fingerprint density at radius 1 is 1.11 bits per heavy atom. The van der Waals surface area contributed by atoms with Crippen LogP contribution in [0.3, 0.4) is 0 Å². The number of nitrogens with one attached hydrogen (secondary N) is 2. The Morgan fingerprint density at radius 3 is 2.38 bits per heavy atom. The average Bonchev–Trinajstić information content (AvgIpc) is 3.02. The minimum Gasteiger partial charge on any atom is -0.480 e. The zero-order chi connectivity index (χ0) is 35.1. The van der Waals surface area contributed by atoms with Crippen molar-refractivity contribution in [3.8, 4) is 12.3 Å². The van der Waals surface area contributed by atoms with Gasteiger partial charge in [0.1, 0.15) is 25.4 Å². The monoisotopic (exact) mass is 685 g/mol. The number of carboxylic acids is 2. The highest BCUT2D eigenvalue weighted by atomic mass is 35.5. The highest BCUT2D eigenvalue weighted by molar-refractivity contribution is 6.30. The van der Waals surface area contributed by atoms with Gasteiger partial charge in [0.05, 0.1) is 37.8 Å². The van der Waals surface area contributed by atoms with Gasteiger partial charge in [-0.25, -0.2) is 4.79 Å². The zero-order valence-electron chi connectivity index (χ0n) is 25.4. The van der Waals surface area contributed by atoms with E-state index in [-0.39, 0.29) is 32.4 Å². The number of amides is 3. The summed E-state index contributed by atoms with van der Waals surface area (Å²) in [6.07, 6.45) is -2.04. The van der Waals surface area contributed by atoms with Crippen LogP contribution in [0.4, 0.5) is 0 Å². The van der Waals surface area contributed by atoms with Crippen LogP contribution in [0.5, 0.6) is 0 Å². The van der Waals surface area contributed by atoms with Gasteiger partial charge in [-0.05, 0) is 30.5 Å².